The molecule has 1 fully saturated rings. The van der Waals surface area contributed by atoms with Crippen molar-refractivity contribution in [1.82, 2.24) is 10.6 Å². The van der Waals surface area contributed by atoms with Gasteiger partial charge in [0.2, 0.25) is 0 Å². The van der Waals surface area contributed by atoms with Crippen molar-refractivity contribution >= 4 is 17.3 Å². The number of hydrogen-bond donors (Lipinski definition) is 2. The van der Waals surface area contributed by atoms with E-state index in [0.29, 0.717) is 6.04 Å². The van der Waals surface area contributed by atoms with Crippen LogP contribution in [0.15, 0.2) is 0 Å². The van der Waals surface area contributed by atoms with E-state index in [-0.39, 0.29) is 0 Å². The van der Waals surface area contributed by atoms with Crippen molar-refractivity contribution in [3.63, 3.8) is 0 Å². The number of thiocarbonyl (C=S) groups is 1. The molecular weight excluding hydrogens is 228 g/mol. The molecule has 3 heteroatoms. The Kier molecular flexibility index (Phi) is 6.24. The Labute approximate surface area is 112 Å². The molecule has 0 amide bonds. The Morgan fingerprint density at radius 2 is 1.59 bits per heavy atom. The van der Waals surface area contributed by atoms with Crippen LogP contribution in [0.1, 0.15) is 52.9 Å². The predicted molar refractivity (Wildman–Crippen MR) is 79.2 cm³/mol. The summed E-state index contributed by atoms with van der Waals surface area (Å²) in [6, 6.07) is 0.577. The van der Waals surface area contributed by atoms with Gasteiger partial charge in [0.1, 0.15) is 0 Å². The summed E-state index contributed by atoms with van der Waals surface area (Å²) in [6.45, 7) is 6.95. The third-order valence-corrected chi connectivity index (χ3v) is 4.76. The molecule has 1 saturated carbocycles. The maximum Gasteiger partial charge on any atom is 0.166 e. The van der Waals surface area contributed by atoms with Gasteiger partial charge in [-0.3, -0.25) is 0 Å². The quantitative estimate of drug-likeness (QED) is 0.755. The van der Waals surface area contributed by atoms with Crippen molar-refractivity contribution in [2.75, 3.05) is 7.05 Å². The van der Waals surface area contributed by atoms with Crippen molar-refractivity contribution in [3.8, 4) is 0 Å². The molecule has 1 aliphatic carbocycles. The van der Waals surface area contributed by atoms with Gasteiger partial charge in [0.05, 0.1) is 0 Å². The third kappa shape index (κ3) is 3.84. The highest BCUT2D eigenvalue weighted by molar-refractivity contribution is 7.80. The van der Waals surface area contributed by atoms with Crippen LogP contribution in [0, 0.1) is 17.8 Å². The van der Waals surface area contributed by atoms with Crippen molar-refractivity contribution in [1.29, 1.82) is 0 Å². The van der Waals surface area contributed by atoms with E-state index in [4.69, 9.17) is 12.2 Å². The van der Waals surface area contributed by atoms with Gasteiger partial charge in [0.25, 0.3) is 0 Å². The first-order valence-electron chi connectivity index (χ1n) is 7.14. The summed E-state index contributed by atoms with van der Waals surface area (Å²) in [4.78, 5) is 0. The van der Waals surface area contributed by atoms with E-state index in [0.717, 1.165) is 22.9 Å². The molecular formula is C14H28N2S. The zero-order valence-electron chi connectivity index (χ0n) is 11.8. The highest BCUT2D eigenvalue weighted by Crippen LogP contribution is 2.38. The molecule has 0 spiro atoms. The van der Waals surface area contributed by atoms with Crippen molar-refractivity contribution in [2.45, 2.75) is 58.9 Å². The number of hydrogen-bond acceptors (Lipinski definition) is 1. The fourth-order valence-corrected chi connectivity index (χ4v) is 3.40. The summed E-state index contributed by atoms with van der Waals surface area (Å²) in [5.74, 6) is 2.49. The lowest BCUT2D eigenvalue weighted by molar-refractivity contribution is 0.137. The summed E-state index contributed by atoms with van der Waals surface area (Å²) >= 11 is 5.27. The summed E-state index contributed by atoms with van der Waals surface area (Å²) in [5, 5.41) is 7.39. The number of rotatable bonds is 4. The van der Waals surface area contributed by atoms with Crippen LogP contribution in [0.25, 0.3) is 0 Å². The lowest BCUT2D eigenvalue weighted by atomic mass is 9.69. The van der Waals surface area contributed by atoms with Crippen LogP contribution in [0.2, 0.25) is 0 Å². The van der Waals surface area contributed by atoms with Crippen LogP contribution < -0.4 is 10.6 Å². The van der Waals surface area contributed by atoms with Crippen LogP contribution >= 0.6 is 12.2 Å². The van der Waals surface area contributed by atoms with Crippen molar-refractivity contribution < 1.29 is 0 Å². The van der Waals surface area contributed by atoms with E-state index >= 15 is 0 Å². The van der Waals surface area contributed by atoms with Gasteiger partial charge < -0.3 is 10.6 Å². The maximum atomic E-state index is 5.27. The zero-order chi connectivity index (χ0) is 12.8. The Bertz CT molecular complexity index is 228. The minimum atomic E-state index is 0.577. The normalized spacial score (nSPS) is 33.2. The van der Waals surface area contributed by atoms with Gasteiger partial charge >= 0.3 is 0 Å². The van der Waals surface area contributed by atoms with Crippen molar-refractivity contribution in [2.24, 2.45) is 17.8 Å². The fraction of sp³-hybridized carbons (Fsp3) is 0.929. The van der Waals surface area contributed by atoms with E-state index in [2.05, 4.69) is 31.4 Å². The van der Waals surface area contributed by atoms with Gasteiger partial charge in [0, 0.05) is 13.1 Å². The van der Waals surface area contributed by atoms with Crippen LogP contribution in [0.4, 0.5) is 0 Å². The zero-order valence-corrected chi connectivity index (χ0v) is 12.6. The maximum absolute atomic E-state index is 5.27. The van der Waals surface area contributed by atoms with E-state index in [1.54, 1.807) is 0 Å². The fourth-order valence-electron chi connectivity index (χ4n) is 3.26. The smallest absolute Gasteiger partial charge is 0.166 e. The third-order valence-electron chi connectivity index (χ3n) is 4.44. The largest absolute Gasteiger partial charge is 0.366 e. The van der Waals surface area contributed by atoms with Gasteiger partial charge in [-0.05, 0) is 42.8 Å². The number of nitrogens with one attached hydrogen (secondary N) is 2. The molecule has 0 aromatic rings. The SMILES string of the molecule is CCC1CC(CC)C(NC(=S)NC)C(CC)C1. The monoisotopic (exact) mass is 256 g/mol. The molecule has 2 unspecified atom stereocenters. The van der Waals surface area contributed by atoms with Crippen LogP contribution in [0.3, 0.4) is 0 Å². The second-order valence-electron chi connectivity index (χ2n) is 5.33. The first kappa shape index (κ1) is 14.7. The summed E-state index contributed by atoms with van der Waals surface area (Å²) < 4.78 is 0. The van der Waals surface area contributed by atoms with E-state index < -0.39 is 0 Å². The minimum absolute atomic E-state index is 0.577. The van der Waals surface area contributed by atoms with Crippen LogP contribution in [-0.2, 0) is 0 Å². The molecule has 0 aromatic heterocycles. The standard InChI is InChI=1S/C14H28N2S/c1-5-10-8-11(6-2)13(12(7-3)9-10)16-14(17)15-4/h10-13H,5-9H2,1-4H3,(H2,15,16,17). The summed E-state index contributed by atoms with van der Waals surface area (Å²) in [7, 11) is 1.90. The highest BCUT2D eigenvalue weighted by Gasteiger charge is 2.35. The van der Waals surface area contributed by atoms with Crippen LogP contribution in [0.5, 0.6) is 0 Å². The summed E-state index contributed by atoms with van der Waals surface area (Å²) in [5.41, 5.74) is 0. The molecule has 0 aromatic carbocycles. The van der Waals surface area contributed by atoms with Gasteiger partial charge in [-0.2, -0.15) is 0 Å². The first-order chi connectivity index (χ1) is 8.15. The molecule has 0 radical (unpaired) electrons. The summed E-state index contributed by atoms with van der Waals surface area (Å²) in [6.07, 6.45) is 6.59. The first-order valence-corrected chi connectivity index (χ1v) is 7.55. The molecule has 0 saturated heterocycles. The Morgan fingerprint density at radius 1 is 1.06 bits per heavy atom. The second-order valence-corrected chi connectivity index (χ2v) is 5.74. The van der Waals surface area contributed by atoms with E-state index in [1.165, 1.54) is 32.1 Å². The van der Waals surface area contributed by atoms with Gasteiger partial charge in [0.15, 0.2) is 5.11 Å². The predicted octanol–water partition coefficient (Wildman–Crippen LogP) is 3.32. The van der Waals surface area contributed by atoms with Gasteiger partial charge in [-0.1, -0.05) is 40.0 Å². The Hall–Kier alpha value is -0.310. The molecule has 17 heavy (non-hydrogen) atoms. The topological polar surface area (TPSA) is 24.1 Å². The minimum Gasteiger partial charge on any atom is -0.366 e. The lowest BCUT2D eigenvalue weighted by Gasteiger charge is -2.42. The average molecular weight is 256 g/mol. The molecule has 100 valence electrons. The molecule has 2 N–H and O–H groups in total. The van der Waals surface area contributed by atoms with Crippen LogP contribution in [-0.4, -0.2) is 18.2 Å². The van der Waals surface area contributed by atoms with Gasteiger partial charge in [-0.15, -0.1) is 0 Å². The lowest BCUT2D eigenvalue weighted by Crippen LogP contribution is -2.51. The molecule has 0 bridgehead atoms. The van der Waals surface area contributed by atoms with E-state index in [1.807, 2.05) is 7.05 Å². The molecule has 2 atom stereocenters. The molecule has 0 aliphatic heterocycles. The Balaban J connectivity index is 2.71. The molecule has 2 nitrogen and oxygen atoms in total. The van der Waals surface area contributed by atoms with Gasteiger partial charge in [-0.25, -0.2) is 0 Å². The Morgan fingerprint density at radius 3 is 1.94 bits per heavy atom. The molecule has 1 rings (SSSR count). The van der Waals surface area contributed by atoms with Crippen molar-refractivity contribution in [3.05, 3.63) is 0 Å². The molecule has 0 heterocycles. The average Bonchev–Trinajstić information content (AvgIpc) is 2.38. The second kappa shape index (κ2) is 7.20. The van der Waals surface area contributed by atoms with E-state index in [9.17, 15) is 0 Å². The highest BCUT2D eigenvalue weighted by atomic mass is 32.1. The molecule has 1 aliphatic rings.